The lowest BCUT2D eigenvalue weighted by Crippen LogP contribution is -2.51. The highest BCUT2D eigenvalue weighted by molar-refractivity contribution is 5.79. The van der Waals surface area contributed by atoms with E-state index in [2.05, 4.69) is 15.6 Å². The largest absolute Gasteiger partial charge is 0.385 e. The average Bonchev–Trinajstić information content (AvgIpc) is 2.70. The van der Waals surface area contributed by atoms with Crippen LogP contribution in [0.1, 0.15) is 44.1 Å². The molecule has 0 radical (unpaired) electrons. The third kappa shape index (κ3) is 5.03. The van der Waals surface area contributed by atoms with Crippen LogP contribution in [0.15, 0.2) is 29.3 Å². The quantitative estimate of drug-likeness (QED) is 0.528. The van der Waals surface area contributed by atoms with Crippen molar-refractivity contribution in [3.05, 3.63) is 35.6 Å². The van der Waals surface area contributed by atoms with E-state index in [9.17, 15) is 4.39 Å². The fourth-order valence-electron chi connectivity index (χ4n) is 4.39. The van der Waals surface area contributed by atoms with Gasteiger partial charge in [0.25, 0.3) is 0 Å². The first-order valence-corrected chi connectivity index (χ1v) is 10.4. The standard InChI is InChI=1S/C22H34FN3O2/c1-24-20(25-16-21(8-3-9-21)10-13-27-2)26-17-22(11-14-28-15-12-22)18-4-6-19(23)7-5-18/h4-7H,3,8-17H2,1-2H3,(H2,24,25,26). The van der Waals surface area contributed by atoms with E-state index in [1.807, 2.05) is 19.2 Å². The number of rotatable bonds is 8. The number of halogens is 1. The van der Waals surface area contributed by atoms with Gasteiger partial charge in [-0.3, -0.25) is 4.99 Å². The number of guanidine groups is 1. The Morgan fingerprint density at radius 3 is 2.36 bits per heavy atom. The molecule has 1 aromatic carbocycles. The molecule has 3 rings (SSSR count). The highest BCUT2D eigenvalue weighted by Gasteiger charge is 2.37. The van der Waals surface area contributed by atoms with E-state index in [1.165, 1.54) is 19.3 Å². The number of ether oxygens (including phenoxy) is 2. The molecular formula is C22H34FN3O2. The molecular weight excluding hydrogens is 357 g/mol. The Labute approximate surface area is 168 Å². The summed E-state index contributed by atoms with van der Waals surface area (Å²) in [6, 6.07) is 6.92. The van der Waals surface area contributed by atoms with Crippen molar-refractivity contribution in [1.29, 1.82) is 0 Å². The second-order valence-corrected chi connectivity index (χ2v) is 8.28. The average molecular weight is 392 g/mol. The van der Waals surface area contributed by atoms with E-state index in [0.29, 0.717) is 5.41 Å². The summed E-state index contributed by atoms with van der Waals surface area (Å²) >= 11 is 0. The van der Waals surface area contributed by atoms with Crippen LogP contribution in [0.25, 0.3) is 0 Å². The zero-order valence-corrected chi connectivity index (χ0v) is 17.2. The van der Waals surface area contributed by atoms with Gasteiger partial charge < -0.3 is 20.1 Å². The highest BCUT2D eigenvalue weighted by atomic mass is 19.1. The number of benzene rings is 1. The van der Waals surface area contributed by atoms with Crippen molar-refractivity contribution in [1.82, 2.24) is 10.6 Å². The van der Waals surface area contributed by atoms with Gasteiger partial charge in [-0.2, -0.15) is 0 Å². The predicted molar refractivity (Wildman–Crippen MR) is 110 cm³/mol. The molecule has 1 aliphatic heterocycles. The zero-order chi connectivity index (χ0) is 19.9. The Hall–Kier alpha value is -1.66. The van der Waals surface area contributed by atoms with Crippen LogP contribution >= 0.6 is 0 Å². The lowest BCUT2D eigenvalue weighted by Gasteiger charge is -2.42. The molecule has 1 aliphatic carbocycles. The van der Waals surface area contributed by atoms with Crippen molar-refractivity contribution >= 4 is 5.96 Å². The fourth-order valence-corrected chi connectivity index (χ4v) is 4.39. The molecule has 6 heteroatoms. The minimum absolute atomic E-state index is 0.0617. The van der Waals surface area contributed by atoms with Gasteiger partial charge in [0, 0.05) is 52.5 Å². The maximum absolute atomic E-state index is 13.4. The Balaban J connectivity index is 1.60. The van der Waals surface area contributed by atoms with E-state index < -0.39 is 0 Å². The van der Waals surface area contributed by atoms with Gasteiger partial charge in [0.1, 0.15) is 5.82 Å². The normalized spacial score (nSPS) is 21.0. The third-order valence-electron chi connectivity index (χ3n) is 6.61. The summed E-state index contributed by atoms with van der Waals surface area (Å²) in [6.45, 7) is 3.94. The van der Waals surface area contributed by atoms with E-state index in [4.69, 9.17) is 9.47 Å². The SMILES string of the molecule is CN=C(NCC1(CCOC)CCC1)NCC1(c2ccc(F)cc2)CCOCC1. The van der Waals surface area contributed by atoms with E-state index in [0.717, 1.165) is 63.7 Å². The smallest absolute Gasteiger partial charge is 0.191 e. The predicted octanol–water partition coefficient (Wildman–Crippen LogP) is 3.25. The number of hydrogen-bond acceptors (Lipinski definition) is 3. The molecule has 28 heavy (non-hydrogen) atoms. The molecule has 2 fully saturated rings. The van der Waals surface area contributed by atoms with Crippen LogP contribution in [0.2, 0.25) is 0 Å². The van der Waals surface area contributed by atoms with Crippen molar-refractivity contribution in [3.8, 4) is 0 Å². The Morgan fingerprint density at radius 1 is 1.11 bits per heavy atom. The van der Waals surface area contributed by atoms with Gasteiger partial charge in [0.2, 0.25) is 0 Å². The highest BCUT2D eigenvalue weighted by Crippen LogP contribution is 2.43. The summed E-state index contributed by atoms with van der Waals surface area (Å²) in [5, 5.41) is 7.06. The van der Waals surface area contributed by atoms with Crippen molar-refractivity contribution in [3.63, 3.8) is 0 Å². The van der Waals surface area contributed by atoms with Crippen molar-refractivity contribution in [2.45, 2.75) is 43.9 Å². The van der Waals surface area contributed by atoms with Crippen molar-refractivity contribution < 1.29 is 13.9 Å². The van der Waals surface area contributed by atoms with E-state index >= 15 is 0 Å². The van der Waals surface area contributed by atoms with Crippen LogP contribution in [0, 0.1) is 11.2 Å². The Bertz CT molecular complexity index is 638. The fraction of sp³-hybridized carbons (Fsp3) is 0.682. The first-order chi connectivity index (χ1) is 13.6. The molecule has 2 aliphatic rings. The number of aliphatic imine (C=N–C) groups is 1. The Morgan fingerprint density at radius 2 is 1.79 bits per heavy atom. The second-order valence-electron chi connectivity index (χ2n) is 8.28. The van der Waals surface area contributed by atoms with Gasteiger partial charge >= 0.3 is 0 Å². The second kappa shape index (κ2) is 9.70. The van der Waals surface area contributed by atoms with Crippen LogP contribution in [0.5, 0.6) is 0 Å². The molecule has 1 aromatic rings. The molecule has 0 amide bonds. The van der Waals surface area contributed by atoms with Crippen LogP contribution in [-0.2, 0) is 14.9 Å². The van der Waals surface area contributed by atoms with Gasteiger partial charge in [-0.15, -0.1) is 0 Å². The molecule has 0 atom stereocenters. The number of nitrogens with one attached hydrogen (secondary N) is 2. The van der Waals surface area contributed by atoms with Crippen LogP contribution in [0.3, 0.4) is 0 Å². The third-order valence-corrected chi connectivity index (χ3v) is 6.61. The molecule has 0 spiro atoms. The first kappa shape index (κ1) is 21.1. The van der Waals surface area contributed by atoms with E-state index in [1.54, 1.807) is 19.2 Å². The summed E-state index contributed by atoms with van der Waals surface area (Å²) < 4.78 is 24.3. The molecule has 0 unspecified atom stereocenters. The monoisotopic (exact) mass is 391 g/mol. The van der Waals surface area contributed by atoms with Crippen LogP contribution < -0.4 is 10.6 Å². The number of hydrogen-bond donors (Lipinski definition) is 2. The van der Waals surface area contributed by atoms with Crippen molar-refractivity contribution in [2.24, 2.45) is 10.4 Å². The summed E-state index contributed by atoms with van der Waals surface area (Å²) in [4.78, 5) is 4.43. The molecule has 1 heterocycles. The molecule has 5 nitrogen and oxygen atoms in total. The van der Waals surface area contributed by atoms with Gasteiger partial charge in [-0.1, -0.05) is 18.6 Å². The maximum atomic E-state index is 13.4. The summed E-state index contributed by atoms with van der Waals surface area (Å²) in [6.07, 6.45) is 6.71. The first-order valence-electron chi connectivity index (χ1n) is 10.4. The minimum Gasteiger partial charge on any atom is -0.385 e. The van der Waals surface area contributed by atoms with Crippen LogP contribution in [0.4, 0.5) is 4.39 Å². The molecule has 1 saturated carbocycles. The molecule has 0 aromatic heterocycles. The van der Waals surface area contributed by atoms with Gasteiger partial charge in [-0.05, 0) is 55.2 Å². The lowest BCUT2D eigenvalue weighted by atomic mass is 9.67. The molecule has 0 bridgehead atoms. The minimum atomic E-state index is -0.196. The van der Waals surface area contributed by atoms with E-state index in [-0.39, 0.29) is 11.2 Å². The summed E-state index contributed by atoms with van der Waals surface area (Å²) in [5.41, 5.74) is 1.44. The maximum Gasteiger partial charge on any atom is 0.191 e. The summed E-state index contributed by atoms with van der Waals surface area (Å²) in [5.74, 6) is 0.634. The molecule has 2 N–H and O–H groups in total. The van der Waals surface area contributed by atoms with Gasteiger partial charge in [0.15, 0.2) is 5.96 Å². The summed E-state index contributed by atoms with van der Waals surface area (Å²) in [7, 11) is 3.58. The number of methoxy groups -OCH3 is 1. The van der Waals surface area contributed by atoms with Gasteiger partial charge in [-0.25, -0.2) is 4.39 Å². The lowest BCUT2D eigenvalue weighted by molar-refractivity contribution is 0.0512. The zero-order valence-electron chi connectivity index (χ0n) is 17.2. The molecule has 1 saturated heterocycles. The van der Waals surface area contributed by atoms with Crippen molar-refractivity contribution in [2.75, 3.05) is 47.1 Å². The molecule has 156 valence electrons. The topological polar surface area (TPSA) is 54.9 Å². The number of nitrogens with zero attached hydrogens (tertiary/aromatic N) is 1. The Kier molecular flexibility index (Phi) is 7.30. The van der Waals surface area contributed by atoms with Gasteiger partial charge in [0.05, 0.1) is 0 Å². The van der Waals surface area contributed by atoms with Crippen LogP contribution in [-0.4, -0.2) is 53.0 Å².